The summed E-state index contributed by atoms with van der Waals surface area (Å²) in [7, 11) is 0. The molecule has 1 aliphatic rings. The molecule has 0 atom stereocenters. The zero-order valence-corrected chi connectivity index (χ0v) is 13.4. The first-order chi connectivity index (χ1) is 11.5. The number of rotatable bonds is 2. The first-order valence-corrected chi connectivity index (χ1v) is 8.41. The van der Waals surface area contributed by atoms with Crippen LogP contribution < -0.4 is 0 Å². The first-order valence-electron chi connectivity index (χ1n) is 8.41. The maximum atomic E-state index is 12.6. The van der Waals surface area contributed by atoms with E-state index in [1.54, 1.807) is 18.3 Å². The molecular formula is C17H20F3N3O. The van der Waals surface area contributed by atoms with Crippen LogP contribution in [0.2, 0.25) is 0 Å². The highest BCUT2D eigenvalue weighted by Gasteiger charge is 2.38. The molecule has 2 aromatic heterocycles. The van der Waals surface area contributed by atoms with Crippen LogP contribution in [0.1, 0.15) is 68.9 Å². The Bertz CT molecular complexity index is 659. The molecule has 0 unspecified atom stereocenters. The van der Waals surface area contributed by atoms with Crippen LogP contribution >= 0.6 is 0 Å². The molecular weight excluding hydrogens is 319 g/mol. The lowest BCUT2D eigenvalue weighted by atomic mass is 9.92. The van der Waals surface area contributed by atoms with Crippen molar-refractivity contribution in [3.63, 3.8) is 0 Å². The van der Waals surface area contributed by atoms with Crippen molar-refractivity contribution in [2.24, 2.45) is 0 Å². The van der Waals surface area contributed by atoms with Crippen LogP contribution in [-0.2, 0) is 6.18 Å². The summed E-state index contributed by atoms with van der Waals surface area (Å²) < 4.78 is 42.1. The number of nitrogens with zero attached hydrogens (tertiary/aromatic N) is 3. The molecule has 2 heterocycles. The minimum atomic E-state index is -4.63. The van der Waals surface area contributed by atoms with Gasteiger partial charge in [0.1, 0.15) is 0 Å². The number of pyridine rings is 1. The van der Waals surface area contributed by atoms with Crippen LogP contribution in [0.3, 0.4) is 0 Å². The largest absolute Gasteiger partial charge is 0.471 e. The predicted octanol–water partition coefficient (Wildman–Crippen LogP) is 5.37. The van der Waals surface area contributed by atoms with Gasteiger partial charge in [-0.3, -0.25) is 4.98 Å². The van der Waals surface area contributed by atoms with E-state index in [1.807, 2.05) is 0 Å². The van der Waals surface area contributed by atoms with E-state index in [0.29, 0.717) is 11.5 Å². The molecule has 1 saturated carbocycles. The maximum absolute atomic E-state index is 12.6. The van der Waals surface area contributed by atoms with Gasteiger partial charge in [0.15, 0.2) is 0 Å². The number of aromatic nitrogens is 3. The summed E-state index contributed by atoms with van der Waals surface area (Å²) in [6.45, 7) is 0. The molecule has 130 valence electrons. The fourth-order valence-electron chi connectivity index (χ4n) is 3.20. The molecule has 0 radical (unpaired) electrons. The highest BCUT2D eigenvalue weighted by molar-refractivity contribution is 5.54. The number of alkyl halides is 3. The summed E-state index contributed by atoms with van der Waals surface area (Å²) in [6, 6.07) is 3.41. The Labute approximate surface area is 138 Å². The van der Waals surface area contributed by atoms with Crippen LogP contribution in [0.4, 0.5) is 13.2 Å². The lowest BCUT2D eigenvalue weighted by molar-refractivity contribution is -0.159. The van der Waals surface area contributed by atoms with Gasteiger partial charge in [-0.05, 0) is 25.0 Å². The van der Waals surface area contributed by atoms with E-state index in [-0.39, 0.29) is 5.82 Å². The summed E-state index contributed by atoms with van der Waals surface area (Å²) in [5, 5.41) is 3.45. The van der Waals surface area contributed by atoms with Crippen LogP contribution in [0.5, 0.6) is 0 Å². The van der Waals surface area contributed by atoms with Crippen LogP contribution in [0, 0.1) is 0 Å². The van der Waals surface area contributed by atoms with Gasteiger partial charge in [-0.2, -0.15) is 18.2 Å². The lowest BCUT2D eigenvalue weighted by Crippen LogP contribution is -2.05. The van der Waals surface area contributed by atoms with Crippen LogP contribution in [0.25, 0.3) is 11.4 Å². The Morgan fingerprint density at radius 3 is 2.29 bits per heavy atom. The third-order valence-corrected chi connectivity index (χ3v) is 4.48. The molecule has 2 aromatic rings. The second kappa shape index (κ2) is 7.32. The van der Waals surface area contributed by atoms with Gasteiger partial charge in [0, 0.05) is 23.4 Å². The predicted molar refractivity (Wildman–Crippen MR) is 82.2 cm³/mol. The molecule has 0 N–H and O–H groups in total. The van der Waals surface area contributed by atoms with Crippen molar-refractivity contribution in [3.05, 3.63) is 29.9 Å². The third kappa shape index (κ3) is 4.13. The van der Waals surface area contributed by atoms with E-state index in [4.69, 9.17) is 0 Å². The van der Waals surface area contributed by atoms with Gasteiger partial charge in [-0.25, -0.2) is 0 Å². The summed E-state index contributed by atoms with van der Waals surface area (Å²) in [5.41, 5.74) is 1.42. The van der Waals surface area contributed by atoms with E-state index in [1.165, 1.54) is 25.7 Å². The van der Waals surface area contributed by atoms with Gasteiger partial charge in [-0.1, -0.05) is 43.7 Å². The van der Waals surface area contributed by atoms with Gasteiger partial charge >= 0.3 is 12.1 Å². The molecule has 0 aromatic carbocycles. The average Bonchev–Trinajstić information content (AvgIpc) is 3.09. The molecule has 1 aliphatic carbocycles. The Hall–Kier alpha value is -1.92. The Morgan fingerprint density at radius 2 is 1.67 bits per heavy atom. The van der Waals surface area contributed by atoms with Gasteiger partial charge in [0.25, 0.3) is 0 Å². The van der Waals surface area contributed by atoms with E-state index < -0.39 is 12.1 Å². The van der Waals surface area contributed by atoms with Crippen LogP contribution in [-0.4, -0.2) is 15.1 Å². The fraction of sp³-hybridized carbons (Fsp3) is 0.588. The van der Waals surface area contributed by atoms with Gasteiger partial charge < -0.3 is 4.52 Å². The second-order valence-electron chi connectivity index (χ2n) is 6.29. The molecule has 24 heavy (non-hydrogen) atoms. The topological polar surface area (TPSA) is 51.8 Å². The molecule has 7 heteroatoms. The van der Waals surface area contributed by atoms with Crippen molar-refractivity contribution in [3.8, 4) is 11.4 Å². The molecule has 0 aliphatic heterocycles. The molecule has 0 saturated heterocycles. The highest BCUT2D eigenvalue weighted by atomic mass is 19.4. The zero-order valence-electron chi connectivity index (χ0n) is 13.4. The van der Waals surface area contributed by atoms with Gasteiger partial charge in [-0.15, -0.1) is 0 Å². The van der Waals surface area contributed by atoms with Gasteiger partial charge in [0.2, 0.25) is 5.82 Å². The average molecular weight is 339 g/mol. The summed E-state index contributed by atoms with van der Waals surface area (Å²) in [6.07, 6.45) is 6.47. The SMILES string of the molecule is FC(F)(F)c1nc(-c2ccnc(C3CCCCCCCC3)c2)no1. The number of halogens is 3. The monoisotopic (exact) mass is 339 g/mol. The number of hydrogen-bond donors (Lipinski definition) is 0. The summed E-state index contributed by atoms with van der Waals surface area (Å²) in [4.78, 5) is 7.89. The molecule has 4 nitrogen and oxygen atoms in total. The van der Waals surface area contributed by atoms with Crippen molar-refractivity contribution in [2.45, 2.75) is 63.5 Å². The van der Waals surface area contributed by atoms with E-state index in [9.17, 15) is 13.2 Å². The minimum Gasteiger partial charge on any atom is -0.329 e. The Balaban J connectivity index is 1.81. The standard InChI is InChI=1S/C17H20F3N3O/c18-17(19,20)16-22-15(23-24-16)13-9-10-21-14(11-13)12-7-5-3-1-2-4-6-8-12/h9-12H,1-8H2. The Kier molecular flexibility index (Phi) is 5.16. The number of hydrogen-bond acceptors (Lipinski definition) is 4. The smallest absolute Gasteiger partial charge is 0.329 e. The van der Waals surface area contributed by atoms with Crippen molar-refractivity contribution in [1.82, 2.24) is 15.1 Å². The molecule has 0 amide bonds. The quantitative estimate of drug-likeness (QED) is 0.738. The van der Waals surface area contributed by atoms with Crippen molar-refractivity contribution < 1.29 is 17.7 Å². The minimum absolute atomic E-state index is 0.0472. The zero-order chi connectivity index (χ0) is 17.0. The summed E-state index contributed by atoms with van der Waals surface area (Å²) in [5.74, 6) is -1.02. The third-order valence-electron chi connectivity index (χ3n) is 4.48. The molecule has 0 spiro atoms. The lowest BCUT2D eigenvalue weighted by Gasteiger charge is -2.15. The van der Waals surface area contributed by atoms with Crippen molar-refractivity contribution in [1.29, 1.82) is 0 Å². The van der Waals surface area contributed by atoms with E-state index >= 15 is 0 Å². The Morgan fingerprint density at radius 1 is 1.00 bits per heavy atom. The van der Waals surface area contributed by atoms with Crippen molar-refractivity contribution in [2.75, 3.05) is 0 Å². The first kappa shape index (κ1) is 16.9. The van der Waals surface area contributed by atoms with E-state index in [0.717, 1.165) is 31.4 Å². The summed E-state index contributed by atoms with van der Waals surface area (Å²) >= 11 is 0. The van der Waals surface area contributed by atoms with Crippen molar-refractivity contribution >= 4 is 0 Å². The van der Waals surface area contributed by atoms with Crippen LogP contribution in [0.15, 0.2) is 22.9 Å². The highest BCUT2D eigenvalue weighted by Crippen LogP contribution is 2.32. The second-order valence-corrected chi connectivity index (χ2v) is 6.29. The normalized spacial score (nSPS) is 18.0. The van der Waals surface area contributed by atoms with Gasteiger partial charge in [0.05, 0.1) is 0 Å². The molecule has 3 rings (SSSR count). The maximum Gasteiger partial charge on any atom is 0.471 e. The fourth-order valence-corrected chi connectivity index (χ4v) is 3.20. The molecule has 1 fully saturated rings. The molecule has 0 bridgehead atoms. The van der Waals surface area contributed by atoms with E-state index in [2.05, 4.69) is 19.6 Å².